The van der Waals surface area contributed by atoms with Gasteiger partial charge in [-0.3, -0.25) is 0 Å². The van der Waals surface area contributed by atoms with Crippen LogP contribution in [0.3, 0.4) is 0 Å². The third-order valence-electron chi connectivity index (χ3n) is 10.3. The summed E-state index contributed by atoms with van der Waals surface area (Å²) >= 11 is 0. The van der Waals surface area contributed by atoms with Gasteiger partial charge < -0.3 is 18.2 Å². The summed E-state index contributed by atoms with van der Waals surface area (Å²) in [6, 6.07) is 62.6. The van der Waals surface area contributed by atoms with Crippen molar-refractivity contribution in [1.29, 1.82) is 0 Å². The minimum atomic E-state index is 0.550. The lowest BCUT2D eigenvalue weighted by atomic mass is 10.0. The lowest BCUT2D eigenvalue weighted by Crippen LogP contribution is -2.11. The Morgan fingerprint density at radius 1 is 0.389 bits per heavy atom. The number of rotatable bonds is 6. The molecule has 3 aromatic heterocycles. The Kier molecular flexibility index (Phi) is 6.79. The van der Waals surface area contributed by atoms with Crippen LogP contribution in [0.1, 0.15) is 0 Å². The molecule has 11 aromatic rings. The SMILES string of the molecule is c1ccc(-c2ccc(N(c3cccc(-c4cccc5c4oc4ccccc45)c3)c3c4oc(-c5ccccc5)nc4cc4oc5ccccc5c34)cc2)cc1. The molecule has 54 heavy (non-hydrogen) atoms. The number of benzene rings is 8. The average molecular weight is 695 g/mol. The van der Waals surface area contributed by atoms with E-state index in [2.05, 4.69) is 120 Å². The Bertz CT molecular complexity index is 3160. The Hall–Kier alpha value is -7.37. The van der Waals surface area contributed by atoms with Crippen LogP contribution in [0.5, 0.6) is 0 Å². The molecule has 0 aliphatic rings. The predicted octanol–water partition coefficient (Wildman–Crippen LogP) is 14.1. The number of anilines is 3. The number of furan rings is 2. The number of fused-ring (bicyclic) bond motifs is 7. The van der Waals surface area contributed by atoms with Crippen molar-refractivity contribution in [2.24, 2.45) is 0 Å². The first-order chi connectivity index (χ1) is 26.8. The second kappa shape index (κ2) is 12.1. The second-order valence-electron chi connectivity index (χ2n) is 13.5. The number of hydrogen-bond donors (Lipinski definition) is 0. The lowest BCUT2D eigenvalue weighted by molar-refractivity contribution is 0.620. The van der Waals surface area contributed by atoms with Crippen molar-refractivity contribution in [1.82, 2.24) is 4.98 Å². The minimum Gasteiger partial charge on any atom is -0.456 e. The van der Waals surface area contributed by atoms with E-state index in [1.807, 2.05) is 66.7 Å². The molecule has 0 saturated carbocycles. The van der Waals surface area contributed by atoms with Gasteiger partial charge in [-0.15, -0.1) is 0 Å². The molecule has 3 heterocycles. The van der Waals surface area contributed by atoms with E-state index in [4.69, 9.17) is 18.2 Å². The van der Waals surface area contributed by atoms with E-state index in [-0.39, 0.29) is 0 Å². The summed E-state index contributed by atoms with van der Waals surface area (Å²) in [6.07, 6.45) is 0. The molecular weight excluding hydrogens is 665 g/mol. The Labute approximate surface area is 309 Å². The van der Waals surface area contributed by atoms with Crippen molar-refractivity contribution in [2.75, 3.05) is 4.90 Å². The van der Waals surface area contributed by atoms with Crippen molar-refractivity contribution >= 4 is 72.0 Å². The van der Waals surface area contributed by atoms with Gasteiger partial charge in [0, 0.05) is 44.7 Å². The molecule has 11 rings (SSSR count). The van der Waals surface area contributed by atoms with Gasteiger partial charge in [-0.25, -0.2) is 4.98 Å². The summed E-state index contributed by atoms with van der Waals surface area (Å²) < 4.78 is 19.9. The van der Waals surface area contributed by atoms with Crippen LogP contribution in [0.2, 0.25) is 0 Å². The standard InChI is InChI=1S/C49H30N2O3/c1-3-13-31(14-4-1)32-25-27-35(28-26-32)51(36-18-11-17-34(29-36)37-21-12-22-39-38-19-7-9-23-42(38)53-47(37)39)46-45-40-20-8-10-24-43(40)52-44(45)30-41-48(46)54-49(50-41)33-15-5-2-6-16-33/h1-30H. The zero-order chi connectivity index (χ0) is 35.6. The molecule has 0 bridgehead atoms. The molecule has 0 aliphatic heterocycles. The maximum Gasteiger partial charge on any atom is 0.227 e. The molecule has 0 saturated heterocycles. The van der Waals surface area contributed by atoms with Gasteiger partial charge in [0.15, 0.2) is 5.58 Å². The smallest absolute Gasteiger partial charge is 0.227 e. The molecule has 0 radical (unpaired) electrons. The fourth-order valence-electron chi connectivity index (χ4n) is 7.79. The predicted molar refractivity (Wildman–Crippen MR) is 220 cm³/mol. The topological polar surface area (TPSA) is 55.6 Å². The van der Waals surface area contributed by atoms with Gasteiger partial charge in [-0.1, -0.05) is 127 Å². The van der Waals surface area contributed by atoms with Gasteiger partial charge in [0.1, 0.15) is 33.5 Å². The van der Waals surface area contributed by atoms with Gasteiger partial charge in [-0.05, 0) is 65.2 Å². The molecule has 0 atom stereocenters. The first-order valence-corrected chi connectivity index (χ1v) is 18.0. The van der Waals surface area contributed by atoms with E-state index < -0.39 is 0 Å². The quantitative estimate of drug-likeness (QED) is 0.173. The number of oxazole rings is 1. The highest BCUT2D eigenvalue weighted by Crippen LogP contribution is 2.49. The van der Waals surface area contributed by atoms with E-state index in [0.717, 1.165) is 88.8 Å². The number of hydrogen-bond acceptors (Lipinski definition) is 5. The highest BCUT2D eigenvalue weighted by Gasteiger charge is 2.27. The van der Waals surface area contributed by atoms with Crippen LogP contribution >= 0.6 is 0 Å². The molecule has 0 aliphatic carbocycles. The third-order valence-corrected chi connectivity index (χ3v) is 10.3. The maximum absolute atomic E-state index is 6.83. The zero-order valence-electron chi connectivity index (χ0n) is 28.9. The molecular formula is C49H30N2O3. The summed E-state index contributed by atoms with van der Waals surface area (Å²) in [7, 11) is 0. The van der Waals surface area contributed by atoms with Crippen molar-refractivity contribution in [3.05, 3.63) is 182 Å². The first-order valence-electron chi connectivity index (χ1n) is 18.0. The number of para-hydroxylation sites is 3. The van der Waals surface area contributed by atoms with Gasteiger partial charge in [0.2, 0.25) is 5.89 Å². The molecule has 254 valence electrons. The summed E-state index contributed by atoms with van der Waals surface area (Å²) in [6.45, 7) is 0. The monoisotopic (exact) mass is 694 g/mol. The molecule has 0 fully saturated rings. The largest absolute Gasteiger partial charge is 0.456 e. The zero-order valence-corrected chi connectivity index (χ0v) is 28.9. The normalized spacial score (nSPS) is 11.7. The molecule has 8 aromatic carbocycles. The van der Waals surface area contributed by atoms with Crippen molar-refractivity contribution in [2.45, 2.75) is 0 Å². The van der Waals surface area contributed by atoms with Crippen LogP contribution in [0.15, 0.2) is 195 Å². The highest BCUT2D eigenvalue weighted by atomic mass is 16.4. The average Bonchev–Trinajstić information content (AvgIpc) is 3.95. The van der Waals surface area contributed by atoms with Crippen LogP contribution < -0.4 is 4.90 Å². The van der Waals surface area contributed by atoms with Gasteiger partial charge in [0.25, 0.3) is 0 Å². The van der Waals surface area contributed by atoms with Crippen LogP contribution in [0.25, 0.3) is 88.7 Å². The van der Waals surface area contributed by atoms with Crippen molar-refractivity contribution < 1.29 is 13.3 Å². The lowest BCUT2D eigenvalue weighted by Gasteiger charge is -2.27. The number of nitrogens with zero attached hydrogens (tertiary/aromatic N) is 2. The van der Waals surface area contributed by atoms with Crippen LogP contribution in [-0.2, 0) is 0 Å². The number of aromatic nitrogens is 1. The molecule has 0 spiro atoms. The van der Waals surface area contributed by atoms with E-state index in [1.165, 1.54) is 0 Å². The van der Waals surface area contributed by atoms with E-state index in [0.29, 0.717) is 17.0 Å². The van der Waals surface area contributed by atoms with Crippen LogP contribution in [-0.4, -0.2) is 4.98 Å². The summed E-state index contributed by atoms with van der Waals surface area (Å²) in [5.41, 5.74) is 12.7. The van der Waals surface area contributed by atoms with Crippen molar-refractivity contribution in [3.8, 4) is 33.7 Å². The van der Waals surface area contributed by atoms with E-state index in [9.17, 15) is 0 Å². The Balaban J connectivity index is 1.19. The summed E-state index contributed by atoms with van der Waals surface area (Å²) in [5.74, 6) is 0.550. The van der Waals surface area contributed by atoms with Gasteiger partial charge in [-0.2, -0.15) is 0 Å². The molecule has 0 amide bonds. The third kappa shape index (κ3) is 4.83. The minimum absolute atomic E-state index is 0.550. The molecule has 5 heteroatoms. The van der Waals surface area contributed by atoms with Gasteiger partial charge >= 0.3 is 0 Å². The highest BCUT2D eigenvalue weighted by molar-refractivity contribution is 6.20. The fourth-order valence-corrected chi connectivity index (χ4v) is 7.79. The molecule has 5 nitrogen and oxygen atoms in total. The molecule has 0 N–H and O–H groups in total. The second-order valence-corrected chi connectivity index (χ2v) is 13.5. The Morgan fingerprint density at radius 2 is 1.02 bits per heavy atom. The Morgan fingerprint density at radius 3 is 1.81 bits per heavy atom. The summed E-state index contributed by atoms with van der Waals surface area (Å²) in [4.78, 5) is 7.32. The first kappa shape index (κ1) is 30.3. The van der Waals surface area contributed by atoms with Gasteiger partial charge in [0.05, 0.1) is 5.39 Å². The van der Waals surface area contributed by atoms with Crippen LogP contribution in [0.4, 0.5) is 17.1 Å². The fraction of sp³-hybridized carbons (Fsp3) is 0. The van der Waals surface area contributed by atoms with Crippen LogP contribution in [0, 0.1) is 0 Å². The van der Waals surface area contributed by atoms with Crippen molar-refractivity contribution in [3.63, 3.8) is 0 Å². The summed E-state index contributed by atoms with van der Waals surface area (Å²) in [5, 5.41) is 4.14. The molecule has 0 unspecified atom stereocenters. The maximum atomic E-state index is 6.83. The van der Waals surface area contributed by atoms with E-state index in [1.54, 1.807) is 0 Å². The van der Waals surface area contributed by atoms with E-state index >= 15 is 0 Å².